The molecule has 0 aliphatic rings. The van der Waals surface area contributed by atoms with Crippen LogP contribution in [0.4, 0.5) is 0 Å². The van der Waals surface area contributed by atoms with E-state index >= 15 is 0 Å². The molecule has 8 heteroatoms. The Hall–Kier alpha value is -3.36. The first kappa shape index (κ1) is 46.0. The topological polar surface area (TPSA) is 89.5 Å². The molecular weight excluding hydrogens is 693 g/mol. The number of carbonyl (C=O) groups is 2. The summed E-state index contributed by atoms with van der Waals surface area (Å²) in [6, 6.07) is 14.3. The molecule has 0 radical (unpaired) electrons. The summed E-state index contributed by atoms with van der Waals surface area (Å²) in [5.74, 6) is 0.973. The summed E-state index contributed by atoms with van der Waals surface area (Å²) in [7, 11) is 0. The number of fused-ring (bicyclic) bond motifs is 2. The summed E-state index contributed by atoms with van der Waals surface area (Å²) in [5, 5.41) is 3.56. The third-order valence-corrected chi connectivity index (χ3v) is 9.86. The normalized spacial score (nSPS) is 12.5. The number of aryl methyl sites for hydroxylation is 1. The average molecular weight is 765 g/mol. The van der Waals surface area contributed by atoms with Crippen LogP contribution in [0, 0.1) is 6.92 Å². The molecule has 3 rings (SSSR count). The van der Waals surface area contributed by atoms with Gasteiger partial charge in [0.25, 0.3) is 0 Å². The van der Waals surface area contributed by atoms with Crippen molar-refractivity contribution in [2.75, 3.05) is 39.6 Å². The number of hydrogen-bond acceptors (Lipinski definition) is 8. The van der Waals surface area contributed by atoms with Gasteiger partial charge in [-0.3, -0.25) is 9.59 Å². The fraction of sp³-hybridized carbons (Fsp3) is 0.660. The monoisotopic (exact) mass is 765 g/mol. The van der Waals surface area contributed by atoms with Gasteiger partial charge in [-0.05, 0) is 38.7 Å². The van der Waals surface area contributed by atoms with Crippen LogP contribution in [-0.4, -0.2) is 63.8 Å². The van der Waals surface area contributed by atoms with Crippen molar-refractivity contribution in [3.8, 4) is 11.5 Å². The fourth-order valence-electron chi connectivity index (χ4n) is 6.68. The minimum absolute atomic E-state index is 0.161. The first-order valence-corrected chi connectivity index (χ1v) is 21.7. The molecule has 3 aromatic rings. The molecule has 308 valence electrons. The quantitative estimate of drug-likeness (QED) is 0.0353. The Kier molecular flexibility index (Phi) is 23.5. The molecule has 8 nitrogen and oxygen atoms in total. The van der Waals surface area contributed by atoms with E-state index in [0.29, 0.717) is 37.6 Å². The summed E-state index contributed by atoms with van der Waals surface area (Å²) in [6.45, 7) is 12.9. The Labute approximate surface area is 332 Å². The Morgan fingerprint density at radius 2 is 0.909 bits per heavy atom. The first-order chi connectivity index (χ1) is 26.9. The van der Waals surface area contributed by atoms with Crippen molar-refractivity contribution in [2.24, 2.45) is 0 Å². The van der Waals surface area contributed by atoms with Gasteiger partial charge in [-0.25, -0.2) is 0 Å². The van der Waals surface area contributed by atoms with Crippen molar-refractivity contribution in [1.82, 2.24) is 0 Å². The first-order valence-electron chi connectivity index (χ1n) is 21.7. The van der Waals surface area contributed by atoms with Crippen LogP contribution in [-0.2, 0) is 28.5 Å². The minimum atomic E-state index is -0.543. The molecule has 3 aromatic carbocycles. The maximum absolute atomic E-state index is 12.9. The molecule has 0 aliphatic heterocycles. The third kappa shape index (κ3) is 17.5. The van der Waals surface area contributed by atoms with Gasteiger partial charge in [-0.15, -0.1) is 0 Å². The summed E-state index contributed by atoms with van der Waals surface area (Å²) in [4.78, 5) is 25.7. The Morgan fingerprint density at radius 3 is 1.38 bits per heavy atom. The number of hydrogen-bond donors (Lipinski definition) is 0. The van der Waals surface area contributed by atoms with E-state index in [4.69, 9.17) is 28.4 Å². The molecule has 0 amide bonds. The third-order valence-electron chi connectivity index (χ3n) is 9.86. The van der Waals surface area contributed by atoms with Gasteiger partial charge in [-0.2, -0.15) is 0 Å². The highest BCUT2D eigenvalue weighted by molar-refractivity contribution is 6.11. The van der Waals surface area contributed by atoms with Crippen molar-refractivity contribution in [2.45, 2.75) is 162 Å². The molecule has 0 saturated heterocycles. The van der Waals surface area contributed by atoms with E-state index in [2.05, 4.69) is 52.8 Å². The van der Waals surface area contributed by atoms with Gasteiger partial charge in [0.15, 0.2) is 12.2 Å². The number of unbranched alkanes of at least 4 members (excludes halogenated alkanes) is 12. The van der Waals surface area contributed by atoms with E-state index in [1.165, 1.54) is 38.5 Å². The van der Waals surface area contributed by atoms with Crippen LogP contribution in [0.3, 0.4) is 0 Å². The Balaban J connectivity index is 1.84. The second kappa shape index (κ2) is 28.1. The molecule has 55 heavy (non-hydrogen) atoms. The lowest BCUT2D eigenvalue weighted by atomic mass is 9.99. The SMILES string of the molecule is CCCCCCCOCC(COc1c2ccccc2c(OCC(COCCCCCCC)OC(=O)CCCCC)c2cc(C)ccc12)OC(=O)CCCCC. The van der Waals surface area contributed by atoms with Gasteiger partial charge >= 0.3 is 11.9 Å². The van der Waals surface area contributed by atoms with E-state index in [0.717, 1.165) is 91.3 Å². The van der Waals surface area contributed by atoms with Crippen LogP contribution in [0.5, 0.6) is 11.5 Å². The van der Waals surface area contributed by atoms with E-state index < -0.39 is 12.2 Å². The minimum Gasteiger partial charge on any atom is -0.488 e. The average Bonchev–Trinajstić information content (AvgIpc) is 3.18. The van der Waals surface area contributed by atoms with Gasteiger partial charge in [0, 0.05) is 47.6 Å². The molecule has 0 heterocycles. The maximum atomic E-state index is 12.9. The molecule has 0 fully saturated rings. The number of rotatable bonds is 32. The second-order valence-electron chi connectivity index (χ2n) is 15.0. The maximum Gasteiger partial charge on any atom is 0.306 e. The number of esters is 2. The molecule has 0 saturated carbocycles. The molecule has 0 aliphatic carbocycles. The van der Waals surface area contributed by atoms with Crippen LogP contribution in [0.25, 0.3) is 21.5 Å². The van der Waals surface area contributed by atoms with E-state index in [-0.39, 0.29) is 38.4 Å². The van der Waals surface area contributed by atoms with Crippen LogP contribution >= 0.6 is 0 Å². The predicted molar refractivity (Wildman–Crippen MR) is 224 cm³/mol. The standard InChI is InChI=1S/C47H72O8/c1-6-10-14-16-22-30-50-33-38(54-44(48)26-18-12-8-3)35-52-46-40-24-20-21-25-41(40)47(43-32-37(5)28-29-42(43)46)53-36-39(55-45(49)27-19-13-9-4)34-51-31-23-17-15-11-7-2/h20-21,24-25,28-29,32,38-39H,6-19,22-23,26-27,30-31,33-36H2,1-5H3. The largest absolute Gasteiger partial charge is 0.488 e. The van der Waals surface area contributed by atoms with Crippen molar-refractivity contribution in [3.63, 3.8) is 0 Å². The lowest BCUT2D eigenvalue weighted by Crippen LogP contribution is -2.30. The van der Waals surface area contributed by atoms with Crippen LogP contribution in [0.2, 0.25) is 0 Å². The highest BCUT2D eigenvalue weighted by atomic mass is 16.6. The van der Waals surface area contributed by atoms with Crippen LogP contribution < -0.4 is 9.47 Å². The van der Waals surface area contributed by atoms with Gasteiger partial charge < -0.3 is 28.4 Å². The smallest absolute Gasteiger partial charge is 0.306 e. The fourth-order valence-corrected chi connectivity index (χ4v) is 6.68. The zero-order chi connectivity index (χ0) is 39.5. The summed E-state index contributed by atoms with van der Waals surface area (Å²) < 4.78 is 37.3. The van der Waals surface area contributed by atoms with Crippen LogP contribution in [0.15, 0.2) is 42.5 Å². The van der Waals surface area contributed by atoms with Gasteiger partial charge in [0.2, 0.25) is 0 Å². The zero-order valence-electron chi connectivity index (χ0n) is 34.9. The highest BCUT2D eigenvalue weighted by Crippen LogP contribution is 2.43. The molecule has 0 bridgehead atoms. The Morgan fingerprint density at radius 1 is 0.491 bits per heavy atom. The van der Waals surface area contributed by atoms with Gasteiger partial charge in [-0.1, -0.05) is 147 Å². The van der Waals surface area contributed by atoms with Crippen molar-refractivity contribution >= 4 is 33.5 Å². The Bertz CT molecular complexity index is 1500. The highest BCUT2D eigenvalue weighted by Gasteiger charge is 2.22. The zero-order valence-corrected chi connectivity index (χ0v) is 34.9. The molecular formula is C47H72O8. The van der Waals surface area contributed by atoms with Crippen molar-refractivity contribution < 1.29 is 38.0 Å². The summed E-state index contributed by atoms with van der Waals surface area (Å²) in [5.41, 5.74) is 1.08. The van der Waals surface area contributed by atoms with E-state index in [9.17, 15) is 9.59 Å². The predicted octanol–water partition coefficient (Wildman–Crippen LogP) is 12.0. The van der Waals surface area contributed by atoms with Crippen LogP contribution in [0.1, 0.15) is 149 Å². The van der Waals surface area contributed by atoms with Crippen molar-refractivity contribution in [3.05, 3.63) is 48.0 Å². The molecule has 0 spiro atoms. The number of ether oxygens (including phenoxy) is 6. The number of carbonyl (C=O) groups excluding carboxylic acids is 2. The summed E-state index contributed by atoms with van der Waals surface area (Å²) in [6.07, 6.45) is 16.9. The molecule has 2 atom stereocenters. The number of benzene rings is 3. The van der Waals surface area contributed by atoms with Gasteiger partial charge in [0.1, 0.15) is 24.7 Å². The van der Waals surface area contributed by atoms with E-state index in [1.807, 2.05) is 24.3 Å². The lowest BCUT2D eigenvalue weighted by molar-refractivity contribution is -0.155. The summed E-state index contributed by atoms with van der Waals surface area (Å²) >= 11 is 0. The van der Waals surface area contributed by atoms with Gasteiger partial charge in [0.05, 0.1) is 13.2 Å². The molecule has 0 N–H and O–H groups in total. The van der Waals surface area contributed by atoms with E-state index in [1.54, 1.807) is 0 Å². The lowest BCUT2D eigenvalue weighted by Gasteiger charge is -2.23. The van der Waals surface area contributed by atoms with Crippen molar-refractivity contribution in [1.29, 1.82) is 0 Å². The second-order valence-corrected chi connectivity index (χ2v) is 15.0. The molecule has 2 unspecified atom stereocenters. The molecule has 0 aromatic heterocycles.